The number of nitriles is 1. The highest BCUT2D eigenvalue weighted by molar-refractivity contribution is 5.81. The molecule has 0 saturated heterocycles. The minimum atomic E-state index is -0.955. The van der Waals surface area contributed by atoms with Crippen molar-refractivity contribution in [1.29, 1.82) is 5.26 Å². The number of nitrogens with two attached hydrogens (primary N) is 1. The van der Waals surface area contributed by atoms with Crippen LogP contribution in [0.4, 0.5) is 0 Å². The lowest BCUT2D eigenvalue weighted by Gasteiger charge is -2.42. The monoisotopic (exact) mass is 417 g/mol. The third-order valence-electron chi connectivity index (χ3n) is 6.27. The van der Waals surface area contributed by atoms with E-state index in [1.807, 2.05) is 50.3 Å². The van der Waals surface area contributed by atoms with Gasteiger partial charge in [-0.3, -0.25) is 9.78 Å². The molecule has 0 unspecified atom stereocenters. The number of aromatic nitrogens is 1. The van der Waals surface area contributed by atoms with E-state index in [-0.39, 0.29) is 18.0 Å². The Labute approximate surface area is 184 Å². The molecule has 1 fully saturated rings. The zero-order valence-corrected chi connectivity index (χ0v) is 18.7. The molecule has 4 atom stereocenters. The number of benzene rings is 1. The zero-order valence-electron chi connectivity index (χ0n) is 18.7. The van der Waals surface area contributed by atoms with Crippen molar-refractivity contribution in [2.75, 3.05) is 0 Å². The van der Waals surface area contributed by atoms with Crippen LogP contribution in [-0.4, -0.2) is 22.6 Å². The van der Waals surface area contributed by atoms with Crippen molar-refractivity contribution in [3.05, 3.63) is 59.9 Å². The molecule has 1 aromatic carbocycles. The summed E-state index contributed by atoms with van der Waals surface area (Å²) in [6.45, 7) is 8.05. The molecule has 1 aliphatic carbocycles. The van der Waals surface area contributed by atoms with Gasteiger partial charge in [0.05, 0.1) is 23.4 Å². The van der Waals surface area contributed by atoms with Gasteiger partial charge in [0.2, 0.25) is 0 Å². The molecular formula is C26H31N3O2. The third kappa shape index (κ3) is 5.21. The van der Waals surface area contributed by atoms with Crippen LogP contribution in [0.5, 0.6) is 0 Å². The standard InChI is InChI=1S/C26H31N3O2/c1-17(2)31-25(30)26(28)13-18(3)19(4)20(14-26)9-11-23-12-10-22(16-29-23)24-8-6-5-7-21(24)15-27/h5-12,16-20H,13-14,28H2,1-4H3/b11-9+/t18-,19+,20+,26-/m0/s1. The van der Waals surface area contributed by atoms with Gasteiger partial charge in [0.15, 0.2) is 0 Å². The highest BCUT2D eigenvalue weighted by Gasteiger charge is 2.45. The summed E-state index contributed by atoms with van der Waals surface area (Å²) >= 11 is 0. The van der Waals surface area contributed by atoms with Crippen molar-refractivity contribution in [3.63, 3.8) is 0 Å². The van der Waals surface area contributed by atoms with Gasteiger partial charge < -0.3 is 10.5 Å². The molecule has 162 valence electrons. The van der Waals surface area contributed by atoms with Crippen LogP contribution in [0.1, 0.15) is 51.8 Å². The van der Waals surface area contributed by atoms with Gasteiger partial charge in [-0.05, 0) is 62.7 Å². The number of nitrogens with zero attached hydrogens (tertiary/aromatic N) is 2. The average Bonchev–Trinajstić information content (AvgIpc) is 2.75. The molecule has 0 spiro atoms. The fourth-order valence-corrected chi connectivity index (χ4v) is 4.33. The maximum atomic E-state index is 12.6. The number of carbonyl (C=O) groups is 1. The average molecular weight is 418 g/mol. The first-order valence-corrected chi connectivity index (χ1v) is 10.9. The molecule has 31 heavy (non-hydrogen) atoms. The number of allylic oxidation sites excluding steroid dienone is 1. The van der Waals surface area contributed by atoms with Crippen LogP contribution in [0.15, 0.2) is 48.7 Å². The first-order valence-electron chi connectivity index (χ1n) is 10.9. The van der Waals surface area contributed by atoms with Gasteiger partial charge in [0, 0.05) is 17.3 Å². The van der Waals surface area contributed by atoms with Gasteiger partial charge in [-0.2, -0.15) is 5.26 Å². The van der Waals surface area contributed by atoms with Crippen molar-refractivity contribution in [3.8, 4) is 17.2 Å². The van der Waals surface area contributed by atoms with Crippen LogP contribution in [0.3, 0.4) is 0 Å². The number of rotatable bonds is 5. The molecule has 1 heterocycles. The largest absolute Gasteiger partial charge is 0.462 e. The minimum Gasteiger partial charge on any atom is -0.462 e. The van der Waals surface area contributed by atoms with Gasteiger partial charge >= 0.3 is 5.97 Å². The first kappa shape index (κ1) is 22.7. The van der Waals surface area contributed by atoms with E-state index in [1.165, 1.54) is 0 Å². The van der Waals surface area contributed by atoms with Gasteiger partial charge in [-0.15, -0.1) is 0 Å². The maximum absolute atomic E-state index is 12.6. The highest BCUT2D eigenvalue weighted by atomic mass is 16.5. The third-order valence-corrected chi connectivity index (χ3v) is 6.27. The molecule has 1 aliphatic rings. The van der Waals surface area contributed by atoms with Crippen LogP contribution >= 0.6 is 0 Å². The summed E-state index contributed by atoms with van der Waals surface area (Å²) in [4.78, 5) is 17.2. The van der Waals surface area contributed by atoms with E-state index >= 15 is 0 Å². The van der Waals surface area contributed by atoms with Crippen LogP contribution < -0.4 is 5.73 Å². The second-order valence-corrected chi connectivity index (χ2v) is 9.01. The number of ether oxygens (including phenoxy) is 1. The predicted octanol–water partition coefficient (Wildman–Crippen LogP) is 4.96. The van der Waals surface area contributed by atoms with E-state index in [2.05, 4.69) is 31.0 Å². The fraction of sp³-hybridized carbons (Fsp3) is 0.423. The van der Waals surface area contributed by atoms with Crippen molar-refractivity contribution in [1.82, 2.24) is 4.98 Å². The van der Waals surface area contributed by atoms with E-state index in [1.54, 1.807) is 12.3 Å². The van der Waals surface area contributed by atoms with E-state index in [0.717, 1.165) is 16.8 Å². The summed E-state index contributed by atoms with van der Waals surface area (Å²) < 4.78 is 5.44. The van der Waals surface area contributed by atoms with Gasteiger partial charge in [-0.1, -0.05) is 44.2 Å². The van der Waals surface area contributed by atoms with Crippen LogP contribution in [0.2, 0.25) is 0 Å². The van der Waals surface area contributed by atoms with Gasteiger partial charge in [0.25, 0.3) is 0 Å². The Morgan fingerprint density at radius 1 is 1.26 bits per heavy atom. The molecule has 2 N–H and O–H groups in total. The Bertz CT molecular complexity index is 990. The Morgan fingerprint density at radius 3 is 2.65 bits per heavy atom. The van der Waals surface area contributed by atoms with Crippen molar-refractivity contribution in [2.24, 2.45) is 23.5 Å². The maximum Gasteiger partial charge on any atom is 0.326 e. The number of pyridine rings is 1. The summed E-state index contributed by atoms with van der Waals surface area (Å²) in [6, 6.07) is 13.6. The van der Waals surface area contributed by atoms with Crippen molar-refractivity contribution < 1.29 is 9.53 Å². The van der Waals surface area contributed by atoms with Gasteiger partial charge in [-0.25, -0.2) is 0 Å². The second kappa shape index (κ2) is 9.45. The molecule has 0 amide bonds. The van der Waals surface area contributed by atoms with Gasteiger partial charge in [0.1, 0.15) is 5.54 Å². The molecule has 1 aromatic heterocycles. The number of hydrogen-bond acceptors (Lipinski definition) is 5. The Hall–Kier alpha value is -2.97. The van der Waals surface area contributed by atoms with E-state index in [4.69, 9.17) is 10.5 Å². The van der Waals surface area contributed by atoms with Crippen molar-refractivity contribution in [2.45, 2.75) is 52.2 Å². The predicted molar refractivity (Wildman–Crippen MR) is 123 cm³/mol. The lowest BCUT2D eigenvalue weighted by atomic mass is 9.65. The second-order valence-electron chi connectivity index (χ2n) is 9.01. The van der Waals surface area contributed by atoms with Crippen LogP contribution in [-0.2, 0) is 9.53 Å². The summed E-state index contributed by atoms with van der Waals surface area (Å²) in [7, 11) is 0. The van der Waals surface area contributed by atoms with E-state index in [0.29, 0.717) is 30.2 Å². The molecular weight excluding hydrogens is 386 g/mol. The van der Waals surface area contributed by atoms with E-state index < -0.39 is 5.54 Å². The Balaban J connectivity index is 1.77. The van der Waals surface area contributed by atoms with E-state index in [9.17, 15) is 10.1 Å². The first-order chi connectivity index (χ1) is 14.7. The number of esters is 1. The summed E-state index contributed by atoms with van der Waals surface area (Å²) in [5.74, 6) is 0.569. The molecule has 1 saturated carbocycles. The number of hydrogen-bond donors (Lipinski definition) is 1. The molecule has 0 radical (unpaired) electrons. The lowest BCUT2D eigenvalue weighted by molar-refractivity contribution is -0.157. The summed E-state index contributed by atoms with van der Waals surface area (Å²) in [5.41, 5.74) is 8.81. The smallest absolute Gasteiger partial charge is 0.326 e. The normalized spacial score (nSPS) is 26.0. The Kier molecular flexibility index (Phi) is 6.92. The quantitative estimate of drug-likeness (QED) is 0.694. The topological polar surface area (TPSA) is 89.0 Å². The van der Waals surface area contributed by atoms with Crippen molar-refractivity contribution >= 4 is 12.0 Å². The lowest BCUT2D eigenvalue weighted by Crippen LogP contribution is -2.56. The van der Waals surface area contributed by atoms with Crippen LogP contribution in [0, 0.1) is 29.1 Å². The fourth-order valence-electron chi connectivity index (χ4n) is 4.33. The highest BCUT2D eigenvalue weighted by Crippen LogP contribution is 2.40. The van der Waals surface area contributed by atoms with Crippen LogP contribution in [0.25, 0.3) is 17.2 Å². The number of carbonyl (C=O) groups excluding carboxylic acids is 1. The molecule has 0 bridgehead atoms. The minimum absolute atomic E-state index is 0.161. The zero-order chi connectivity index (χ0) is 22.6. The molecule has 5 heteroatoms. The molecule has 2 aromatic rings. The molecule has 3 rings (SSSR count). The Morgan fingerprint density at radius 2 is 2.00 bits per heavy atom. The summed E-state index contributed by atoms with van der Waals surface area (Å²) in [5, 5.41) is 9.31. The SMILES string of the molecule is CC(C)OC(=O)[C@@]1(N)C[C@@H](/C=C/c2ccc(-c3ccccc3C#N)cn2)[C@H](C)[C@@H](C)C1. The molecule has 5 nitrogen and oxygen atoms in total. The summed E-state index contributed by atoms with van der Waals surface area (Å²) in [6.07, 6.45) is 6.92. The molecule has 0 aliphatic heterocycles.